The maximum absolute atomic E-state index is 11.9. The number of piperidine rings is 1. The zero-order valence-corrected chi connectivity index (χ0v) is 15.3. The predicted octanol–water partition coefficient (Wildman–Crippen LogP) is 2.85. The third-order valence-electron chi connectivity index (χ3n) is 4.93. The lowest BCUT2D eigenvalue weighted by atomic mass is 9.91. The van der Waals surface area contributed by atoms with E-state index in [-0.39, 0.29) is 0 Å². The van der Waals surface area contributed by atoms with Crippen LogP contribution < -0.4 is 4.74 Å². The van der Waals surface area contributed by atoms with Gasteiger partial charge in [-0.2, -0.15) is 0 Å². The zero-order valence-electron chi connectivity index (χ0n) is 15.3. The number of carbonyl (C=O) groups is 1. The summed E-state index contributed by atoms with van der Waals surface area (Å²) < 4.78 is 5.88. The van der Waals surface area contributed by atoms with Gasteiger partial charge in [-0.15, -0.1) is 0 Å². The van der Waals surface area contributed by atoms with Gasteiger partial charge < -0.3 is 9.84 Å². The number of ether oxygens (including phenoxy) is 1. The van der Waals surface area contributed by atoms with Gasteiger partial charge in [-0.25, -0.2) is 4.79 Å². The molecule has 0 saturated carbocycles. The van der Waals surface area contributed by atoms with Gasteiger partial charge in [0, 0.05) is 44.4 Å². The molecule has 26 heavy (non-hydrogen) atoms. The van der Waals surface area contributed by atoms with Crippen molar-refractivity contribution in [3.05, 3.63) is 53.6 Å². The van der Waals surface area contributed by atoms with Crippen LogP contribution in [0.5, 0.6) is 5.75 Å². The zero-order chi connectivity index (χ0) is 18.6. The summed E-state index contributed by atoms with van der Waals surface area (Å²) in [6.07, 6.45) is 5.34. The largest absolute Gasteiger partial charge is 0.478 e. The first kappa shape index (κ1) is 18.3. The maximum atomic E-state index is 11.9. The van der Waals surface area contributed by atoms with E-state index < -0.39 is 11.6 Å². The predicted molar refractivity (Wildman–Crippen MR) is 98.1 cm³/mol. The normalized spacial score (nSPS) is 17.0. The highest BCUT2D eigenvalue weighted by Crippen LogP contribution is 2.29. The number of pyridine rings is 2. The summed E-state index contributed by atoms with van der Waals surface area (Å²) in [5.74, 6) is -0.411. The van der Waals surface area contributed by atoms with Gasteiger partial charge in [0.15, 0.2) is 0 Å². The highest BCUT2D eigenvalue weighted by molar-refractivity contribution is 5.78. The molecule has 0 amide bonds. The van der Waals surface area contributed by atoms with E-state index in [1.165, 1.54) is 5.56 Å². The quantitative estimate of drug-likeness (QED) is 0.859. The van der Waals surface area contributed by atoms with Gasteiger partial charge in [-0.05, 0) is 37.1 Å². The van der Waals surface area contributed by atoms with Crippen LogP contribution in [0.3, 0.4) is 0 Å². The summed E-state index contributed by atoms with van der Waals surface area (Å²) >= 11 is 0. The number of aliphatic carboxylic acids is 1. The molecular formula is C20H25N3O3. The van der Waals surface area contributed by atoms with Crippen molar-refractivity contribution >= 4 is 5.97 Å². The van der Waals surface area contributed by atoms with Gasteiger partial charge in [0.2, 0.25) is 5.60 Å². The first-order valence-corrected chi connectivity index (χ1v) is 9.02. The molecule has 1 N–H and O–H groups in total. The van der Waals surface area contributed by atoms with Crippen LogP contribution in [-0.4, -0.2) is 44.6 Å². The minimum atomic E-state index is -1.19. The molecule has 2 aromatic rings. The average molecular weight is 355 g/mol. The topological polar surface area (TPSA) is 75.5 Å². The number of aryl methyl sites for hydroxylation is 2. The number of rotatable bonds is 6. The number of carboxylic acids is 1. The number of carboxylic acid groups (broad SMARTS) is 1. The van der Waals surface area contributed by atoms with Crippen LogP contribution in [0.2, 0.25) is 0 Å². The summed E-state index contributed by atoms with van der Waals surface area (Å²) in [6, 6.07) is 7.75. The smallest absolute Gasteiger partial charge is 0.348 e. The minimum Gasteiger partial charge on any atom is -0.478 e. The lowest BCUT2D eigenvalue weighted by Crippen LogP contribution is -2.53. The molecule has 1 fully saturated rings. The summed E-state index contributed by atoms with van der Waals surface area (Å²) in [4.78, 5) is 22.8. The molecule has 3 rings (SSSR count). The summed E-state index contributed by atoms with van der Waals surface area (Å²) in [5, 5.41) is 9.76. The van der Waals surface area contributed by atoms with E-state index in [4.69, 9.17) is 4.74 Å². The molecule has 0 aromatic carbocycles. The van der Waals surface area contributed by atoms with Crippen LogP contribution in [0.1, 0.15) is 36.7 Å². The lowest BCUT2D eigenvalue weighted by molar-refractivity contribution is -0.159. The molecule has 2 aromatic heterocycles. The van der Waals surface area contributed by atoms with Gasteiger partial charge in [0.05, 0.1) is 11.9 Å². The van der Waals surface area contributed by atoms with E-state index in [0.29, 0.717) is 31.7 Å². The van der Waals surface area contributed by atoms with Gasteiger partial charge in [0.1, 0.15) is 5.75 Å². The Bertz CT molecular complexity index is 736. The second-order valence-electron chi connectivity index (χ2n) is 6.82. The molecular weight excluding hydrogens is 330 g/mol. The van der Waals surface area contributed by atoms with Crippen molar-refractivity contribution in [2.45, 2.75) is 45.3 Å². The SMILES string of the molecule is CCc1ccc(CN2CCC(Oc3ccc(C)nc3)(C(=O)O)CC2)nc1. The van der Waals surface area contributed by atoms with Gasteiger partial charge in [0.25, 0.3) is 0 Å². The van der Waals surface area contributed by atoms with Crippen LogP contribution in [-0.2, 0) is 17.8 Å². The molecule has 6 heteroatoms. The lowest BCUT2D eigenvalue weighted by Gasteiger charge is -2.38. The van der Waals surface area contributed by atoms with E-state index in [1.807, 2.05) is 25.3 Å². The van der Waals surface area contributed by atoms with Crippen molar-refractivity contribution in [3.8, 4) is 5.75 Å². The molecule has 1 aliphatic heterocycles. The summed E-state index contributed by atoms with van der Waals surface area (Å²) in [6.45, 7) is 6.03. The highest BCUT2D eigenvalue weighted by Gasteiger charge is 2.44. The molecule has 1 aliphatic rings. The molecule has 0 spiro atoms. The molecule has 138 valence electrons. The fourth-order valence-corrected chi connectivity index (χ4v) is 3.16. The van der Waals surface area contributed by atoms with Crippen LogP contribution in [0.15, 0.2) is 36.7 Å². The van der Waals surface area contributed by atoms with Crippen LogP contribution in [0, 0.1) is 6.92 Å². The Balaban J connectivity index is 1.63. The van der Waals surface area contributed by atoms with Crippen molar-refractivity contribution in [2.75, 3.05) is 13.1 Å². The molecule has 0 atom stereocenters. The summed E-state index contributed by atoms with van der Waals surface area (Å²) in [5.41, 5.74) is 1.91. The fourth-order valence-electron chi connectivity index (χ4n) is 3.16. The Hall–Kier alpha value is -2.47. The number of hydrogen-bond donors (Lipinski definition) is 1. The first-order valence-electron chi connectivity index (χ1n) is 9.02. The summed E-state index contributed by atoms with van der Waals surface area (Å²) in [7, 11) is 0. The number of hydrogen-bond acceptors (Lipinski definition) is 5. The van der Waals surface area contributed by atoms with Crippen molar-refractivity contribution in [1.82, 2.24) is 14.9 Å². The maximum Gasteiger partial charge on any atom is 0.348 e. The van der Waals surface area contributed by atoms with Gasteiger partial charge in [-0.1, -0.05) is 13.0 Å². The second kappa shape index (κ2) is 7.83. The average Bonchev–Trinajstić information content (AvgIpc) is 2.66. The number of nitrogens with zero attached hydrogens (tertiary/aromatic N) is 3. The van der Waals surface area contributed by atoms with Gasteiger partial charge in [-0.3, -0.25) is 14.9 Å². The molecule has 0 unspecified atom stereocenters. The Morgan fingerprint density at radius 3 is 2.50 bits per heavy atom. The molecule has 6 nitrogen and oxygen atoms in total. The molecule has 0 radical (unpaired) electrons. The number of aromatic nitrogens is 2. The van der Waals surface area contributed by atoms with Gasteiger partial charge >= 0.3 is 5.97 Å². The van der Waals surface area contributed by atoms with Crippen molar-refractivity contribution in [1.29, 1.82) is 0 Å². The van der Waals surface area contributed by atoms with Crippen molar-refractivity contribution < 1.29 is 14.6 Å². The first-order chi connectivity index (χ1) is 12.5. The van der Waals surface area contributed by atoms with Crippen LogP contribution in [0.25, 0.3) is 0 Å². The monoisotopic (exact) mass is 355 g/mol. The molecule has 3 heterocycles. The van der Waals surface area contributed by atoms with E-state index in [0.717, 1.165) is 24.4 Å². The number of likely N-dealkylation sites (tertiary alicyclic amines) is 1. The third kappa shape index (κ3) is 4.19. The van der Waals surface area contributed by atoms with E-state index in [1.54, 1.807) is 12.3 Å². The Labute approximate surface area is 153 Å². The third-order valence-corrected chi connectivity index (χ3v) is 4.93. The molecule has 0 aliphatic carbocycles. The Morgan fingerprint density at radius 2 is 1.96 bits per heavy atom. The highest BCUT2D eigenvalue weighted by atomic mass is 16.5. The van der Waals surface area contributed by atoms with Crippen molar-refractivity contribution in [3.63, 3.8) is 0 Å². The molecule has 1 saturated heterocycles. The standard InChI is InChI=1S/C20H25N3O3/c1-3-16-5-6-17(22-12-16)14-23-10-8-20(9-11-23,19(24)25)26-18-7-4-15(2)21-13-18/h4-7,12-13H,3,8-11,14H2,1-2H3,(H,24,25). The molecule has 0 bridgehead atoms. The Morgan fingerprint density at radius 1 is 1.19 bits per heavy atom. The minimum absolute atomic E-state index is 0.434. The van der Waals surface area contributed by atoms with Crippen LogP contribution >= 0.6 is 0 Å². The second-order valence-corrected chi connectivity index (χ2v) is 6.82. The van der Waals surface area contributed by atoms with E-state index in [9.17, 15) is 9.90 Å². The van der Waals surface area contributed by atoms with Crippen molar-refractivity contribution in [2.24, 2.45) is 0 Å². The van der Waals surface area contributed by atoms with E-state index >= 15 is 0 Å². The van der Waals surface area contributed by atoms with Crippen LogP contribution in [0.4, 0.5) is 0 Å². The fraction of sp³-hybridized carbons (Fsp3) is 0.450. The Kier molecular flexibility index (Phi) is 5.52. The van der Waals surface area contributed by atoms with E-state index in [2.05, 4.69) is 27.9 Å².